The standard InChI is InChI=1S/C20H26Cl3N3/c1-4-13(5-2)15-9-10-16(22)19(24)20(15)26(3)12-25-18-8-6-7-14(21)11-17(18)23/h7-11,13,25H,4-6,12,24H2,1-3H3. The predicted octanol–water partition coefficient (Wildman–Crippen LogP) is 6.34. The fourth-order valence-electron chi connectivity index (χ4n) is 3.17. The fraction of sp³-hybridized carbons (Fsp3) is 0.400. The molecule has 0 atom stereocenters. The Bertz CT molecular complexity index is 734. The summed E-state index contributed by atoms with van der Waals surface area (Å²) in [6.07, 6.45) is 8.52. The van der Waals surface area contributed by atoms with E-state index in [-0.39, 0.29) is 0 Å². The van der Waals surface area contributed by atoms with Crippen molar-refractivity contribution in [2.45, 2.75) is 39.0 Å². The Morgan fingerprint density at radius 2 is 1.85 bits per heavy atom. The molecule has 2 rings (SSSR count). The first-order valence-corrected chi connectivity index (χ1v) is 9.98. The van der Waals surface area contributed by atoms with Crippen LogP contribution in [0.15, 0.2) is 46.1 Å². The molecule has 0 spiro atoms. The molecular formula is C20H26Cl3N3. The monoisotopic (exact) mass is 413 g/mol. The molecule has 0 bridgehead atoms. The van der Waals surface area contributed by atoms with Crippen LogP contribution in [0.5, 0.6) is 0 Å². The van der Waals surface area contributed by atoms with Crippen molar-refractivity contribution in [3.05, 3.63) is 56.7 Å². The first-order valence-electron chi connectivity index (χ1n) is 8.85. The smallest absolute Gasteiger partial charge is 0.0874 e. The summed E-state index contributed by atoms with van der Waals surface area (Å²) in [4.78, 5) is 2.08. The highest BCUT2D eigenvalue weighted by molar-refractivity contribution is 6.36. The molecule has 0 unspecified atom stereocenters. The maximum atomic E-state index is 6.34. The molecule has 0 fully saturated rings. The Hall–Kier alpha value is -1.29. The molecule has 3 nitrogen and oxygen atoms in total. The van der Waals surface area contributed by atoms with E-state index in [0.29, 0.717) is 33.4 Å². The molecule has 0 aromatic heterocycles. The summed E-state index contributed by atoms with van der Waals surface area (Å²) in [6, 6.07) is 3.97. The van der Waals surface area contributed by atoms with E-state index in [1.165, 1.54) is 5.56 Å². The highest BCUT2D eigenvalue weighted by atomic mass is 35.5. The number of rotatable bonds is 7. The molecule has 1 aliphatic rings. The quantitative estimate of drug-likeness (QED) is 0.404. The Labute approximate surface area is 171 Å². The van der Waals surface area contributed by atoms with Crippen LogP contribution < -0.4 is 16.0 Å². The lowest BCUT2D eigenvalue weighted by atomic mass is 9.91. The third-order valence-electron chi connectivity index (χ3n) is 4.67. The summed E-state index contributed by atoms with van der Waals surface area (Å²) < 4.78 is 0. The molecule has 0 saturated heterocycles. The molecule has 0 amide bonds. The molecule has 0 saturated carbocycles. The zero-order chi connectivity index (χ0) is 19.3. The SMILES string of the molecule is CCC(CC)c1ccc(Cl)c(N)c1N(C)CNC1=CCC=C(Cl)C=C1Cl. The van der Waals surface area contributed by atoms with E-state index in [4.69, 9.17) is 40.5 Å². The maximum absolute atomic E-state index is 6.34. The van der Waals surface area contributed by atoms with E-state index < -0.39 is 0 Å². The lowest BCUT2D eigenvalue weighted by Crippen LogP contribution is -2.32. The minimum atomic E-state index is 0.440. The van der Waals surface area contributed by atoms with Gasteiger partial charge in [-0.25, -0.2) is 0 Å². The summed E-state index contributed by atoms with van der Waals surface area (Å²) in [7, 11) is 2.00. The van der Waals surface area contributed by atoms with Crippen molar-refractivity contribution in [2.75, 3.05) is 24.3 Å². The van der Waals surface area contributed by atoms with E-state index in [2.05, 4.69) is 30.1 Å². The predicted molar refractivity (Wildman–Crippen MR) is 116 cm³/mol. The van der Waals surface area contributed by atoms with Gasteiger partial charge in [0.2, 0.25) is 0 Å². The van der Waals surface area contributed by atoms with Gasteiger partial charge in [-0.1, -0.05) is 66.9 Å². The van der Waals surface area contributed by atoms with Gasteiger partial charge in [-0.2, -0.15) is 0 Å². The van der Waals surface area contributed by atoms with Gasteiger partial charge in [0.15, 0.2) is 0 Å². The molecule has 0 heterocycles. The van der Waals surface area contributed by atoms with E-state index in [1.807, 2.05) is 25.3 Å². The van der Waals surface area contributed by atoms with Gasteiger partial charge in [0.1, 0.15) is 0 Å². The number of nitrogens with one attached hydrogen (secondary N) is 1. The van der Waals surface area contributed by atoms with Crippen LogP contribution >= 0.6 is 34.8 Å². The van der Waals surface area contributed by atoms with Crippen LogP contribution in [0, 0.1) is 0 Å². The van der Waals surface area contributed by atoms with Crippen LogP contribution in [0.1, 0.15) is 44.6 Å². The van der Waals surface area contributed by atoms with E-state index >= 15 is 0 Å². The van der Waals surface area contributed by atoms with Crippen molar-refractivity contribution >= 4 is 46.2 Å². The minimum Gasteiger partial charge on any atom is -0.396 e. The number of halogens is 3. The number of benzene rings is 1. The van der Waals surface area contributed by atoms with Gasteiger partial charge in [0.05, 0.1) is 33.8 Å². The average Bonchev–Trinajstić information content (AvgIpc) is 2.77. The Morgan fingerprint density at radius 1 is 1.15 bits per heavy atom. The molecule has 1 aromatic rings. The van der Waals surface area contributed by atoms with Crippen LogP contribution in [0.2, 0.25) is 5.02 Å². The van der Waals surface area contributed by atoms with Gasteiger partial charge in [0, 0.05) is 12.1 Å². The summed E-state index contributed by atoms with van der Waals surface area (Å²) in [5.74, 6) is 0.440. The fourth-order valence-corrected chi connectivity index (χ4v) is 3.84. The topological polar surface area (TPSA) is 41.3 Å². The molecule has 6 heteroatoms. The number of hydrogen-bond acceptors (Lipinski definition) is 3. The number of hydrogen-bond donors (Lipinski definition) is 2. The Morgan fingerprint density at radius 3 is 2.50 bits per heavy atom. The van der Waals surface area contributed by atoms with E-state index in [0.717, 1.165) is 30.6 Å². The summed E-state index contributed by atoms with van der Waals surface area (Å²) in [5.41, 5.74) is 10.0. The summed E-state index contributed by atoms with van der Waals surface area (Å²) in [6.45, 7) is 4.93. The zero-order valence-corrected chi connectivity index (χ0v) is 17.7. The highest BCUT2D eigenvalue weighted by Gasteiger charge is 2.19. The van der Waals surface area contributed by atoms with Crippen molar-refractivity contribution in [2.24, 2.45) is 0 Å². The zero-order valence-electron chi connectivity index (χ0n) is 15.5. The molecule has 1 aliphatic carbocycles. The van der Waals surface area contributed by atoms with Crippen molar-refractivity contribution in [1.29, 1.82) is 0 Å². The van der Waals surface area contributed by atoms with Gasteiger partial charge in [-0.3, -0.25) is 0 Å². The lowest BCUT2D eigenvalue weighted by Gasteiger charge is -2.28. The summed E-state index contributed by atoms with van der Waals surface area (Å²) in [5, 5.41) is 5.19. The number of nitrogens with two attached hydrogens (primary N) is 1. The van der Waals surface area contributed by atoms with Gasteiger partial charge >= 0.3 is 0 Å². The van der Waals surface area contributed by atoms with Crippen LogP contribution in [0.3, 0.4) is 0 Å². The summed E-state index contributed by atoms with van der Waals surface area (Å²) >= 11 is 18.7. The number of anilines is 2. The molecular weight excluding hydrogens is 389 g/mol. The molecule has 142 valence electrons. The second kappa shape index (κ2) is 9.59. The van der Waals surface area contributed by atoms with Crippen molar-refractivity contribution in [1.82, 2.24) is 5.32 Å². The van der Waals surface area contributed by atoms with Crippen LogP contribution in [-0.2, 0) is 0 Å². The van der Waals surface area contributed by atoms with E-state index in [9.17, 15) is 0 Å². The Kier molecular flexibility index (Phi) is 7.75. The van der Waals surface area contributed by atoms with Crippen LogP contribution in [-0.4, -0.2) is 13.7 Å². The third-order valence-corrected chi connectivity index (χ3v) is 5.57. The second-order valence-electron chi connectivity index (χ2n) is 6.38. The number of nitrogens with zero attached hydrogens (tertiary/aromatic N) is 1. The van der Waals surface area contributed by atoms with E-state index in [1.54, 1.807) is 6.08 Å². The molecule has 3 N–H and O–H groups in total. The van der Waals surface area contributed by atoms with Crippen LogP contribution in [0.4, 0.5) is 11.4 Å². The number of allylic oxidation sites excluding steroid dienone is 5. The molecule has 0 aliphatic heterocycles. The first kappa shape index (κ1) is 21.0. The second-order valence-corrected chi connectivity index (χ2v) is 7.63. The Balaban J connectivity index is 2.24. The average molecular weight is 415 g/mol. The molecule has 26 heavy (non-hydrogen) atoms. The number of nitrogen functional groups attached to an aromatic ring is 1. The normalized spacial score (nSPS) is 14.5. The molecule has 1 aromatic carbocycles. The lowest BCUT2D eigenvalue weighted by molar-refractivity contribution is 0.638. The van der Waals surface area contributed by atoms with Crippen molar-refractivity contribution < 1.29 is 0 Å². The minimum absolute atomic E-state index is 0.440. The van der Waals surface area contributed by atoms with Gasteiger partial charge < -0.3 is 16.0 Å². The maximum Gasteiger partial charge on any atom is 0.0874 e. The van der Waals surface area contributed by atoms with Crippen LogP contribution in [0.25, 0.3) is 0 Å². The highest BCUT2D eigenvalue weighted by Crippen LogP contribution is 2.39. The molecule has 0 radical (unpaired) electrons. The van der Waals surface area contributed by atoms with Gasteiger partial charge in [-0.05, 0) is 42.9 Å². The van der Waals surface area contributed by atoms with Crippen molar-refractivity contribution in [3.8, 4) is 0 Å². The largest absolute Gasteiger partial charge is 0.396 e. The van der Waals surface area contributed by atoms with Gasteiger partial charge in [-0.15, -0.1) is 0 Å². The van der Waals surface area contributed by atoms with Gasteiger partial charge in [0.25, 0.3) is 0 Å². The van der Waals surface area contributed by atoms with Crippen molar-refractivity contribution in [3.63, 3.8) is 0 Å². The third kappa shape index (κ3) is 4.91. The first-order chi connectivity index (χ1) is 12.4.